The number of rotatable bonds is 8. The normalized spacial score (nSPS) is 14.5. The fraction of sp³-hybridized carbons (Fsp3) is 0.269. The summed E-state index contributed by atoms with van der Waals surface area (Å²) in [6.07, 6.45) is 3.38. The highest BCUT2D eigenvalue weighted by molar-refractivity contribution is 7.89. The van der Waals surface area contributed by atoms with E-state index < -0.39 is 10.0 Å². The summed E-state index contributed by atoms with van der Waals surface area (Å²) in [5, 5.41) is 0.515. The minimum absolute atomic E-state index is 0.145. The SMILES string of the molecule is CCOc1cccc2sc(N(Cc3cccnc3)C(=O)c3ccc(S(=O)(=O)N4CCOCC4)cc3)nc12. The predicted molar refractivity (Wildman–Crippen MR) is 142 cm³/mol. The highest BCUT2D eigenvalue weighted by Gasteiger charge is 2.27. The molecule has 0 N–H and O–H groups in total. The molecule has 3 heterocycles. The molecule has 2 aromatic heterocycles. The van der Waals surface area contributed by atoms with E-state index >= 15 is 0 Å². The monoisotopic (exact) mass is 538 g/mol. The van der Waals surface area contributed by atoms with E-state index in [1.807, 2.05) is 37.3 Å². The van der Waals surface area contributed by atoms with Crippen molar-refractivity contribution in [1.29, 1.82) is 0 Å². The number of para-hydroxylation sites is 1. The Morgan fingerprint density at radius 2 is 1.89 bits per heavy atom. The molecule has 4 aromatic rings. The van der Waals surface area contributed by atoms with Crippen molar-refractivity contribution in [1.82, 2.24) is 14.3 Å². The van der Waals surface area contributed by atoms with Crippen molar-refractivity contribution in [2.45, 2.75) is 18.4 Å². The van der Waals surface area contributed by atoms with Gasteiger partial charge in [-0.15, -0.1) is 0 Å². The van der Waals surface area contributed by atoms with E-state index in [1.165, 1.54) is 27.8 Å². The van der Waals surface area contributed by atoms with Crippen LogP contribution in [0.5, 0.6) is 5.75 Å². The molecule has 37 heavy (non-hydrogen) atoms. The van der Waals surface area contributed by atoms with Crippen LogP contribution < -0.4 is 9.64 Å². The zero-order valence-electron chi connectivity index (χ0n) is 20.2. The first-order valence-electron chi connectivity index (χ1n) is 11.9. The number of fused-ring (bicyclic) bond motifs is 1. The molecule has 1 aliphatic rings. The van der Waals surface area contributed by atoms with Gasteiger partial charge in [-0.05, 0) is 55.0 Å². The second-order valence-corrected chi connectivity index (χ2v) is 11.3. The van der Waals surface area contributed by atoms with Crippen LogP contribution in [-0.4, -0.2) is 61.5 Å². The topological polar surface area (TPSA) is 102 Å². The summed E-state index contributed by atoms with van der Waals surface area (Å²) in [5.41, 5.74) is 1.89. The van der Waals surface area contributed by atoms with Crippen LogP contribution in [0.15, 0.2) is 71.9 Å². The maximum atomic E-state index is 13.8. The molecule has 0 atom stereocenters. The summed E-state index contributed by atoms with van der Waals surface area (Å²) in [6.45, 7) is 4.02. The number of morpholine rings is 1. The van der Waals surface area contributed by atoms with Gasteiger partial charge in [-0.25, -0.2) is 13.4 Å². The lowest BCUT2D eigenvalue weighted by molar-refractivity contribution is 0.0730. The zero-order chi connectivity index (χ0) is 25.8. The molecule has 0 radical (unpaired) electrons. The van der Waals surface area contributed by atoms with Gasteiger partial charge in [0.2, 0.25) is 10.0 Å². The summed E-state index contributed by atoms with van der Waals surface area (Å²) < 4.78 is 39.3. The molecule has 1 saturated heterocycles. The smallest absolute Gasteiger partial charge is 0.260 e. The Labute approximate surface area is 219 Å². The molecule has 2 aromatic carbocycles. The third-order valence-corrected chi connectivity index (χ3v) is 8.88. The lowest BCUT2D eigenvalue weighted by Crippen LogP contribution is -2.40. The number of amides is 1. The molecule has 1 aliphatic heterocycles. The minimum Gasteiger partial charge on any atom is -0.492 e. The molecule has 1 amide bonds. The summed E-state index contributed by atoms with van der Waals surface area (Å²) in [7, 11) is -3.66. The Morgan fingerprint density at radius 1 is 1.11 bits per heavy atom. The number of pyridine rings is 1. The van der Waals surface area contributed by atoms with Crippen LogP contribution in [0, 0.1) is 0 Å². The van der Waals surface area contributed by atoms with E-state index in [0.717, 1.165) is 10.3 Å². The average molecular weight is 539 g/mol. The van der Waals surface area contributed by atoms with Gasteiger partial charge in [0, 0.05) is 31.0 Å². The minimum atomic E-state index is -3.66. The number of nitrogens with zero attached hydrogens (tertiary/aromatic N) is 4. The van der Waals surface area contributed by atoms with E-state index in [0.29, 0.717) is 54.9 Å². The van der Waals surface area contributed by atoms with Crippen LogP contribution >= 0.6 is 11.3 Å². The van der Waals surface area contributed by atoms with Gasteiger partial charge in [-0.2, -0.15) is 4.31 Å². The Balaban J connectivity index is 1.48. The molecule has 0 spiro atoms. The fourth-order valence-corrected chi connectivity index (χ4v) is 6.45. The van der Waals surface area contributed by atoms with Crippen molar-refractivity contribution < 1.29 is 22.7 Å². The summed E-state index contributed by atoms with van der Waals surface area (Å²) in [5.74, 6) is 0.366. The van der Waals surface area contributed by atoms with Crippen LogP contribution in [0.2, 0.25) is 0 Å². The number of hydrogen-bond acceptors (Lipinski definition) is 8. The lowest BCUT2D eigenvalue weighted by Gasteiger charge is -2.26. The Bertz CT molecular complexity index is 1480. The average Bonchev–Trinajstić information content (AvgIpc) is 3.38. The molecule has 192 valence electrons. The highest BCUT2D eigenvalue weighted by atomic mass is 32.2. The van der Waals surface area contributed by atoms with Crippen LogP contribution in [0.25, 0.3) is 10.2 Å². The quantitative estimate of drug-likeness (QED) is 0.335. The van der Waals surface area contributed by atoms with Crippen LogP contribution in [0.1, 0.15) is 22.8 Å². The number of carbonyl (C=O) groups is 1. The Kier molecular flexibility index (Phi) is 7.47. The standard InChI is InChI=1S/C26H26N4O5S2/c1-2-35-22-6-3-7-23-24(22)28-26(36-23)30(18-19-5-4-12-27-17-19)25(31)20-8-10-21(11-9-20)37(32,33)29-13-15-34-16-14-29/h3-12,17H,2,13-16,18H2,1H3. The molecule has 1 fully saturated rings. The van der Waals surface area contributed by atoms with Gasteiger partial charge in [-0.3, -0.25) is 14.7 Å². The molecule has 0 saturated carbocycles. The number of carbonyl (C=O) groups excluding carboxylic acids is 1. The Hall–Kier alpha value is -3.38. The van der Waals surface area contributed by atoms with Gasteiger partial charge in [0.1, 0.15) is 11.3 Å². The molecular formula is C26H26N4O5S2. The molecule has 0 unspecified atom stereocenters. The molecule has 5 rings (SSSR count). The molecule has 9 nitrogen and oxygen atoms in total. The van der Waals surface area contributed by atoms with Crippen LogP contribution in [0.4, 0.5) is 5.13 Å². The maximum Gasteiger partial charge on any atom is 0.260 e. The number of hydrogen-bond donors (Lipinski definition) is 0. The van der Waals surface area contributed by atoms with Gasteiger partial charge in [-0.1, -0.05) is 23.5 Å². The Morgan fingerprint density at radius 3 is 2.59 bits per heavy atom. The molecular weight excluding hydrogens is 512 g/mol. The summed E-state index contributed by atoms with van der Waals surface area (Å²) in [6, 6.07) is 15.5. The third kappa shape index (κ3) is 5.35. The summed E-state index contributed by atoms with van der Waals surface area (Å²) >= 11 is 1.39. The maximum absolute atomic E-state index is 13.8. The second-order valence-electron chi connectivity index (χ2n) is 8.33. The van der Waals surface area contributed by atoms with E-state index in [2.05, 4.69) is 4.98 Å². The highest BCUT2D eigenvalue weighted by Crippen LogP contribution is 2.35. The van der Waals surface area contributed by atoms with Gasteiger partial charge in [0.25, 0.3) is 5.91 Å². The van der Waals surface area contributed by atoms with Crippen molar-refractivity contribution in [2.75, 3.05) is 37.8 Å². The van der Waals surface area contributed by atoms with Gasteiger partial charge in [0.15, 0.2) is 5.13 Å². The number of thiazole rings is 1. The van der Waals surface area contributed by atoms with E-state index in [1.54, 1.807) is 29.4 Å². The largest absolute Gasteiger partial charge is 0.492 e. The van der Waals surface area contributed by atoms with Crippen molar-refractivity contribution in [3.8, 4) is 5.75 Å². The number of sulfonamides is 1. The number of ether oxygens (including phenoxy) is 2. The van der Waals surface area contributed by atoms with Gasteiger partial charge in [0.05, 0.1) is 36.0 Å². The summed E-state index contributed by atoms with van der Waals surface area (Å²) in [4.78, 5) is 24.4. The number of aromatic nitrogens is 2. The number of anilines is 1. The van der Waals surface area contributed by atoms with E-state index in [-0.39, 0.29) is 17.3 Å². The second kappa shape index (κ2) is 10.9. The first-order valence-corrected chi connectivity index (χ1v) is 14.1. The lowest BCUT2D eigenvalue weighted by atomic mass is 10.2. The van der Waals surface area contributed by atoms with Crippen LogP contribution in [0.3, 0.4) is 0 Å². The molecule has 0 aliphatic carbocycles. The van der Waals surface area contributed by atoms with Crippen molar-refractivity contribution >= 4 is 42.6 Å². The predicted octanol–water partition coefficient (Wildman–Crippen LogP) is 3.96. The first-order chi connectivity index (χ1) is 18.0. The zero-order valence-corrected chi connectivity index (χ0v) is 21.9. The van der Waals surface area contributed by atoms with Gasteiger partial charge >= 0.3 is 0 Å². The van der Waals surface area contributed by atoms with Gasteiger partial charge < -0.3 is 9.47 Å². The number of benzene rings is 2. The third-order valence-electron chi connectivity index (χ3n) is 5.92. The fourth-order valence-electron chi connectivity index (χ4n) is 4.06. The van der Waals surface area contributed by atoms with Crippen molar-refractivity contribution in [3.05, 3.63) is 78.1 Å². The molecule has 11 heteroatoms. The van der Waals surface area contributed by atoms with Crippen LogP contribution in [-0.2, 0) is 21.3 Å². The van der Waals surface area contributed by atoms with Crippen molar-refractivity contribution in [3.63, 3.8) is 0 Å². The van der Waals surface area contributed by atoms with E-state index in [4.69, 9.17) is 14.5 Å². The first kappa shape index (κ1) is 25.3. The molecule has 0 bridgehead atoms. The van der Waals surface area contributed by atoms with Crippen molar-refractivity contribution in [2.24, 2.45) is 0 Å². The van der Waals surface area contributed by atoms with E-state index in [9.17, 15) is 13.2 Å².